The first kappa shape index (κ1) is 14.1. The van der Waals surface area contributed by atoms with E-state index in [4.69, 9.17) is 0 Å². The minimum Gasteiger partial charge on any atom is -0.385 e. The Kier molecular flexibility index (Phi) is 4.96. The lowest BCUT2D eigenvalue weighted by molar-refractivity contribution is 0.0956. The summed E-state index contributed by atoms with van der Waals surface area (Å²) >= 11 is 0. The molecule has 0 spiro atoms. The number of hydrogen-bond donors (Lipinski definition) is 2. The van der Waals surface area contributed by atoms with E-state index in [2.05, 4.69) is 10.6 Å². The molecule has 1 aromatic rings. The summed E-state index contributed by atoms with van der Waals surface area (Å²) in [5.74, 6) is 1.08. The summed E-state index contributed by atoms with van der Waals surface area (Å²) in [5.41, 5.74) is 3.02. The van der Waals surface area contributed by atoms with Crippen molar-refractivity contribution in [1.29, 1.82) is 0 Å². The average molecular weight is 280 g/mol. The quantitative estimate of drug-likeness (QED) is 0.860. The molecule has 104 valence electrons. The Hall–Kier alpha value is -1.36. The van der Waals surface area contributed by atoms with Crippen molar-refractivity contribution in [1.82, 2.24) is 5.32 Å². The van der Waals surface area contributed by atoms with Gasteiger partial charge in [-0.3, -0.25) is 9.00 Å². The number of hydrogen-bond acceptors (Lipinski definition) is 3. The van der Waals surface area contributed by atoms with Gasteiger partial charge in [0.2, 0.25) is 0 Å². The van der Waals surface area contributed by atoms with Crippen LogP contribution in [0.3, 0.4) is 0 Å². The van der Waals surface area contributed by atoms with Crippen LogP contribution in [-0.4, -0.2) is 34.7 Å². The van der Waals surface area contributed by atoms with Crippen LogP contribution in [0.15, 0.2) is 18.2 Å². The number of anilines is 1. The van der Waals surface area contributed by atoms with E-state index in [0.29, 0.717) is 23.6 Å². The SMILES string of the molecule is CCS(=O)CCNC(=O)c1ccc2c(c1)CCCN2. The molecule has 1 atom stereocenters. The van der Waals surface area contributed by atoms with Gasteiger partial charge in [-0.25, -0.2) is 0 Å². The van der Waals surface area contributed by atoms with Crippen LogP contribution in [0.4, 0.5) is 5.69 Å². The van der Waals surface area contributed by atoms with Gasteiger partial charge in [0.05, 0.1) is 0 Å². The topological polar surface area (TPSA) is 58.2 Å². The van der Waals surface area contributed by atoms with Crippen LogP contribution < -0.4 is 10.6 Å². The first-order valence-electron chi connectivity index (χ1n) is 6.70. The molecule has 0 aromatic heterocycles. The Morgan fingerprint density at radius 1 is 1.47 bits per heavy atom. The molecule has 0 saturated heterocycles. The fourth-order valence-corrected chi connectivity index (χ4v) is 2.76. The first-order valence-corrected chi connectivity index (χ1v) is 8.19. The van der Waals surface area contributed by atoms with Crippen molar-refractivity contribution in [3.8, 4) is 0 Å². The van der Waals surface area contributed by atoms with E-state index in [9.17, 15) is 9.00 Å². The Morgan fingerprint density at radius 2 is 2.32 bits per heavy atom. The van der Waals surface area contributed by atoms with Gasteiger partial charge in [0.25, 0.3) is 5.91 Å². The predicted molar refractivity (Wildman–Crippen MR) is 79.1 cm³/mol. The number of amides is 1. The second-order valence-corrected chi connectivity index (χ2v) is 6.46. The molecule has 19 heavy (non-hydrogen) atoms. The normalized spacial score (nSPS) is 15.2. The molecule has 2 N–H and O–H groups in total. The second kappa shape index (κ2) is 6.70. The third-order valence-electron chi connectivity index (χ3n) is 3.24. The molecule has 0 bridgehead atoms. The summed E-state index contributed by atoms with van der Waals surface area (Å²) in [6, 6.07) is 5.75. The Balaban J connectivity index is 1.94. The lowest BCUT2D eigenvalue weighted by Crippen LogP contribution is -2.28. The number of fused-ring (bicyclic) bond motifs is 1. The highest BCUT2D eigenvalue weighted by Gasteiger charge is 2.12. The Labute approximate surface area is 116 Å². The average Bonchev–Trinajstić information content (AvgIpc) is 2.46. The van der Waals surface area contributed by atoms with E-state index in [-0.39, 0.29) is 5.91 Å². The van der Waals surface area contributed by atoms with E-state index < -0.39 is 10.8 Å². The number of aryl methyl sites for hydroxylation is 1. The molecule has 1 heterocycles. The molecule has 0 fully saturated rings. The van der Waals surface area contributed by atoms with Crippen molar-refractivity contribution in [2.45, 2.75) is 19.8 Å². The molecule has 2 rings (SSSR count). The molecule has 5 heteroatoms. The maximum Gasteiger partial charge on any atom is 0.251 e. The smallest absolute Gasteiger partial charge is 0.251 e. The lowest BCUT2D eigenvalue weighted by Gasteiger charge is -2.18. The maximum absolute atomic E-state index is 12.0. The van der Waals surface area contributed by atoms with Crippen LogP contribution in [0, 0.1) is 0 Å². The maximum atomic E-state index is 12.0. The zero-order valence-electron chi connectivity index (χ0n) is 11.2. The van der Waals surface area contributed by atoms with Crippen LogP contribution in [0.25, 0.3) is 0 Å². The minimum absolute atomic E-state index is 0.0820. The monoisotopic (exact) mass is 280 g/mol. The summed E-state index contributed by atoms with van der Waals surface area (Å²) in [5, 5.41) is 6.14. The molecule has 1 aromatic carbocycles. The first-order chi connectivity index (χ1) is 9.20. The lowest BCUT2D eigenvalue weighted by atomic mass is 10.0. The molecule has 1 aliphatic rings. The van der Waals surface area contributed by atoms with Crippen molar-refractivity contribution >= 4 is 22.4 Å². The van der Waals surface area contributed by atoms with Gasteiger partial charge in [0.1, 0.15) is 0 Å². The van der Waals surface area contributed by atoms with Crippen molar-refractivity contribution < 1.29 is 9.00 Å². The Bertz CT molecular complexity index is 488. The van der Waals surface area contributed by atoms with Crippen LogP contribution in [-0.2, 0) is 17.2 Å². The van der Waals surface area contributed by atoms with Crippen molar-refractivity contribution in [3.05, 3.63) is 29.3 Å². The van der Waals surface area contributed by atoms with Crippen LogP contribution >= 0.6 is 0 Å². The highest BCUT2D eigenvalue weighted by Crippen LogP contribution is 2.22. The van der Waals surface area contributed by atoms with Gasteiger partial charge in [-0.15, -0.1) is 0 Å². The van der Waals surface area contributed by atoms with Crippen LogP contribution in [0.2, 0.25) is 0 Å². The molecular weight excluding hydrogens is 260 g/mol. The zero-order valence-corrected chi connectivity index (χ0v) is 12.0. The highest BCUT2D eigenvalue weighted by molar-refractivity contribution is 7.84. The van der Waals surface area contributed by atoms with Crippen molar-refractivity contribution in [3.63, 3.8) is 0 Å². The summed E-state index contributed by atoms with van der Waals surface area (Å²) in [7, 11) is -0.826. The van der Waals surface area contributed by atoms with Gasteiger partial charge < -0.3 is 10.6 Å². The number of carbonyl (C=O) groups is 1. The van der Waals surface area contributed by atoms with Crippen molar-refractivity contribution in [2.75, 3.05) is 29.9 Å². The fraction of sp³-hybridized carbons (Fsp3) is 0.500. The molecule has 4 nitrogen and oxygen atoms in total. The number of rotatable bonds is 5. The number of benzene rings is 1. The summed E-state index contributed by atoms with van der Waals surface area (Å²) in [6.45, 7) is 3.35. The van der Waals surface area contributed by atoms with Gasteiger partial charge in [0, 0.05) is 46.6 Å². The molecule has 0 radical (unpaired) electrons. The van der Waals surface area contributed by atoms with Crippen LogP contribution in [0.5, 0.6) is 0 Å². The summed E-state index contributed by atoms with van der Waals surface area (Å²) in [4.78, 5) is 12.0. The molecular formula is C14H20N2O2S. The third kappa shape index (κ3) is 3.80. The van der Waals surface area contributed by atoms with E-state index in [1.165, 1.54) is 5.56 Å². The van der Waals surface area contributed by atoms with Gasteiger partial charge in [0.15, 0.2) is 0 Å². The van der Waals surface area contributed by atoms with Crippen LogP contribution in [0.1, 0.15) is 29.3 Å². The minimum atomic E-state index is -0.826. The molecule has 1 amide bonds. The van der Waals surface area contributed by atoms with E-state index in [0.717, 1.165) is 25.1 Å². The standard InChI is InChI=1S/C14H20N2O2S/c1-2-19(18)9-8-16-14(17)12-5-6-13-11(10-12)4-3-7-15-13/h5-6,10,15H,2-4,7-9H2,1H3,(H,16,17). The van der Waals surface area contributed by atoms with E-state index in [1.807, 2.05) is 25.1 Å². The van der Waals surface area contributed by atoms with Gasteiger partial charge in [-0.05, 0) is 36.6 Å². The zero-order chi connectivity index (χ0) is 13.7. The highest BCUT2D eigenvalue weighted by atomic mass is 32.2. The predicted octanol–water partition coefficient (Wildman–Crippen LogP) is 1.54. The molecule has 0 aliphatic carbocycles. The van der Waals surface area contributed by atoms with Gasteiger partial charge in [-0.1, -0.05) is 6.92 Å². The summed E-state index contributed by atoms with van der Waals surface area (Å²) in [6.07, 6.45) is 2.12. The Morgan fingerprint density at radius 3 is 3.11 bits per heavy atom. The molecule has 1 aliphatic heterocycles. The molecule has 0 saturated carbocycles. The second-order valence-electron chi connectivity index (χ2n) is 4.59. The number of carbonyl (C=O) groups excluding carboxylic acids is 1. The molecule has 1 unspecified atom stereocenters. The number of nitrogens with one attached hydrogen (secondary N) is 2. The van der Waals surface area contributed by atoms with Gasteiger partial charge in [-0.2, -0.15) is 0 Å². The summed E-state index contributed by atoms with van der Waals surface area (Å²) < 4.78 is 11.3. The largest absolute Gasteiger partial charge is 0.385 e. The van der Waals surface area contributed by atoms with E-state index in [1.54, 1.807) is 0 Å². The third-order valence-corrected chi connectivity index (χ3v) is 4.55. The van der Waals surface area contributed by atoms with Gasteiger partial charge >= 0.3 is 0 Å². The van der Waals surface area contributed by atoms with E-state index >= 15 is 0 Å². The van der Waals surface area contributed by atoms with Crippen molar-refractivity contribution in [2.24, 2.45) is 0 Å². The fourth-order valence-electron chi connectivity index (χ4n) is 2.14.